The molecule has 0 radical (unpaired) electrons. The van der Waals surface area contributed by atoms with Crippen LogP contribution >= 0.6 is 0 Å². The summed E-state index contributed by atoms with van der Waals surface area (Å²) < 4.78 is 1.87. The lowest BCUT2D eigenvalue weighted by Gasteiger charge is -2.22. The average Bonchev–Trinajstić information content (AvgIpc) is 2.81. The molecule has 0 saturated heterocycles. The molecule has 0 aliphatic heterocycles. The molecule has 2 heterocycles. The molecule has 3 rings (SSSR count). The highest BCUT2D eigenvalue weighted by Gasteiger charge is 2.17. The average molecular weight is 258 g/mol. The van der Waals surface area contributed by atoms with Gasteiger partial charge in [0, 0.05) is 17.8 Å². The fourth-order valence-electron chi connectivity index (χ4n) is 2.67. The Kier molecular flexibility index (Phi) is 3.19. The minimum absolute atomic E-state index is 0.00458. The summed E-state index contributed by atoms with van der Waals surface area (Å²) in [7, 11) is 0. The number of pyridine rings is 1. The van der Waals surface area contributed by atoms with Crippen LogP contribution in [-0.2, 0) is 0 Å². The summed E-state index contributed by atoms with van der Waals surface area (Å²) in [4.78, 5) is 12.2. The Morgan fingerprint density at radius 3 is 2.89 bits per heavy atom. The second-order valence-corrected chi connectivity index (χ2v) is 5.20. The number of carbonyl (C=O) groups is 1. The van der Waals surface area contributed by atoms with Gasteiger partial charge in [-0.3, -0.25) is 9.20 Å². The number of hydrogen-bond donors (Lipinski definition) is 1. The Morgan fingerprint density at radius 2 is 2.11 bits per heavy atom. The van der Waals surface area contributed by atoms with Crippen LogP contribution in [0.2, 0.25) is 0 Å². The molecule has 0 aromatic carbocycles. The quantitative estimate of drug-likeness (QED) is 0.897. The molecule has 1 fully saturated rings. The fourth-order valence-corrected chi connectivity index (χ4v) is 2.67. The third-order valence-corrected chi connectivity index (χ3v) is 3.78. The van der Waals surface area contributed by atoms with Gasteiger partial charge in [0.15, 0.2) is 5.65 Å². The first-order chi connectivity index (χ1) is 9.24. The Bertz CT molecular complexity index is 599. The second-order valence-electron chi connectivity index (χ2n) is 5.20. The second kappa shape index (κ2) is 4.99. The van der Waals surface area contributed by atoms with Crippen molar-refractivity contribution in [1.29, 1.82) is 0 Å². The molecule has 2 aromatic heterocycles. The van der Waals surface area contributed by atoms with Crippen LogP contribution in [0, 0.1) is 6.92 Å². The number of amides is 1. The molecule has 5 heteroatoms. The number of carbonyl (C=O) groups excluding carboxylic acids is 1. The summed E-state index contributed by atoms with van der Waals surface area (Å²) >= 11 is 0. The molecule has 0 unspecified atom stereocenters. The van der Waals surface area contributed by atoms with Gasteiger partial charge in [-0.1, -0.05) is 19.3 Å². The van der Waals surface area contributed by atoms with Crippen LogP contribution in [0.15, 0.2) is 18.3 Å². The highest BCUT2D eigenvalue weighted by molar-refractivity contribution is 5.95. The number of nitrogens with zero attached hydrogens (tertiary/aromatic N) is 3. The van der Waals surface area contributed by atoms with Gasteiger partial charge in [0.05, 0.1) is 0 Å². The first-order valence-electron chi connectivity index (χ1n) is 6.86. The van der Waals surface area contributed by atoms with E-state index in [9.17, 15) is 4.79 Å². The molecule has 2 aromatic rings. The van der Waals surface area contributed by atoms with Crippen molar-refractivity contribution in [2.45, 2.75) is 45.1 Å². The Morgan fingerprint density at radius 1 is 1.32 bits per heavy atom. The van der Waals surface area contributed by atoms with Crippen LogP contribution < -0.4 is 5.32 Å². The van der Waals surface area contributed by atoms with Crippen molar-refractivity contribution in [3.63, 3.8) is 0 Å². The highest BCUT2D eigenvalue weighted by Crippen LogP contribution is 2.18. The number of aromatic nitrogens is 3. The number of fused-ring (bicyclic) bond motifs is 1. The van der Waals surface area contributed by atoms with E-state index in [1.165, 1.54) is 19.3 Å². The van der Waals surface area contributed by atoms with E-state index in [0.717, 1.165) is 18.7 Å². The number of nitrogens with one attached hydrogen (secondary N) is 1. The van der Waals surface area contributed by atoms with Gasteiger partial charge in [0.25, 0.3) is 5.91 Å². The largest absolute Gasteiger partial charge is 0.349 e. The zero-order chi connectivity index (χ0) is 13.2. The third-order valence-electron chi connectivity index (χ3n) is 3.78. The molecular weight excluding hydrogens is 240 g/mol. The van der Waals surface area contributed by atoms with E-state index in [-0.39, 0.29) is 5.91 Å². The third kappa shape index (κ3) is 2.45. The number of hydrogen-bond acceptors (Lipinski definition) is 3. The van der Waals surface area contributed by atoms with E-state index in [0.29, 0.717) is 17.3 Å². The van der Waals surface area contributed by atoms with Crippen molar-refractivity contribution in [2.75, 3.05) is 0 Å². The molecular formula is C14H18N4O. The number of aryl methyl sites for hydroxylation is 1. The summed E-state index contributed by atoms with van der Waals surface area (Å²) in [6.45, 7) is 1.89. The summed E-state index contributed by atoms with van der Waals surface area (Å²) in [5.41, 5.74) is 1.37. The molecule has 100 valence electrons. The zero-order valence-electron chi connectivity index (χ0n) is 11.1. The zero-order valence-corrected chi connectivity index (χ0v) is 11.1. The van der Waals surface area contributed by atoms with E-state index < -0.39 is 0 Å². The van der Waals surface area contributed by atoms with Gasteiger partial charge < -0.3 is 5.32 Å². The SMILES string of the molecule is Cc1nnc2cc(C(=O)NC3CCCCC3)ccn12. The smallest absolute Gasteiger partial charge is 0.251 e. The van der Waals surface area contributed by atoms with E-state index in [2.05, 4.69) is 15.5 Å². The van der Waals surface area contributed by atoms with Gasteiger partial charge in [-0.25, -0.2) is 0 Å². The van der Waals surface area contributed by atoms with Gasteiger partial charge in [0.1, 0.15) is 5.82 Å². The summed E-state index contributed by atoms with van der Waals surface area (Å²) in [5, 5.41) is 11.1. The molecule has 0 bridgehead atoms. The van der Waals surface area contributed by atoms with Crippen LogP contribution in [0.1, 0.15) is 48.3 Å². The molecule has 1 saturated carbocycles. The van der Waals surface area contributed by atoms with Crippen molar-refractivity contribution in [1.82, 2.24) is 19.9 Å². The molecule has 19 heavy (non-hydrogen) atoms. The van der Waals surface area contributed by atoms with Crippen LogP contribution in [0.4, 0.5) is 0 Å². The maximum Gasteiger partial charge on any atom is 0.251 e. The normalized spacial score (nSPS) is 16.7. The summed E-state index contributed by atoms with van der Waals surface area (Å²) in [6.07, 6.45) is 7.76. The van der Waals surface area contributed by atoms with E-state index in [1.54, 1.807) is 6.07 Å². The predicted molar refractivity (Wildman–Crippen MR) is 72.1 cm³/mol. The van der Waals surface area contributed by atoms with E-state index in [1.807, 2.05) is 23.6 Å². The molecule has 1 aliphatic carbocycles. The standard InChI is InChI=1S/C14H18N4O/c1-10-16-17-13-9-11(7-8-18(10)13)14(19)15-12-5-3-2-4-6-12/h7-9,12H,2-6H2,1H3,(H,15,19). The lowest BCUT2D eigenvalue weighted by Crippen LogP contribution is -2.36. The van der Waals surface area contributed by atoms with Crippen LogP contribution in [0.25, 0.3) is 5.65 Å². The molecule has 1 aliphatic rings. The van der Waals surface area contributed by atoms with Crippen molar-refractivity contribution in [3.05, 3.63) is 29.7 Å². The van der Waals surface area contributed by atoms with Crippen LogP contribution in [0.3, 0.4) is 0 Å². The fraction of sp³-hybridized carbons (Fsp3) is 0.500. The minimum Gasteiger partial charge on any atom is -0.349 e. The minimum atomic E-state index is -0.00458. The van der Waals surface area contributed by atoms with Crippen LogP contribution in [-0.4, -0.2) is 26.5 Å². The van der Waals surface area contributed by atoms with Crippen molar-refractivity contribution in [2.24, 2.45) is 0 Å². The monoisotopic (exact) mass is 258 g/mol. The van der Waals surface area contributed by atoms with E-state index in [4.69, 9.17) is 0 Å². The number of rotatable bonds is 2. The first-order valence-corrected chi connectivity index (χ1v) is 6.86. The Labute approximate surface area is 112 Å². The van der Waals surface area contributed by atoms with Gasteiger partial charge in [-0.05, 0) is 31.9 Å². The molecule has 1 amide bonds. The predicted octanol–water partition coefficient (Wildman–Crippen LogP) is 2.10. The van der Waals surface area contributed by atoms with Crippen LogP contribution in [0.5, 0.6) is 0 Å². The summed E-state index contributed by atoms with van der Waals surface area (Å²) in [6, 6.07) is 3.94. The Hall–Kier alpha value is -1.91. The molecule has 0 spiro atoms. The maximum absolute atomic E-state index is 12.2. The molecule has 1 N–H and O–H groups in total. The van der Waals surface area contributed by atoms with Crippen molar-refractivity contribution >= 4 is 11.6 Å². The van der Waals surface area contributed by atoms with Gasteiger partial charge in [-0.2, -0.15) is 0 Å². The maximum atomic E-state index is 12.2. The summed E-state index contributed by atoms with van der Waals surface area (Å²) in [5.74, 6) is 0.823. The Balaban J connectivity index is 1.77. The van der Waals surface area contributed by atoms with Crippen molar-refractivity contribution in [3.8, 4) is 0 Å². The highest BCUT2D eigenvalue weighted by atomic mass is 16.1. The van der Waals surface area contributed by atoms with Gasteiger partial charge in [0.2, 0.25) is 0 Å². The molecule has 5 nitrogen and oxygen atoms in total. The van der Waals surface area contributed by atoms with E-state index >= 15 is 0 Å². The van der Waals surface area contributed by atoms with Gasteiger partial charge in [-0.15, -0.1) is 10.2 Å². The first kappa shape index (κ1) is 12.1. The van der Waals surface area contributed by atoms with Gasteiger partial charge >= 0.3 is 0 Å². The lowest BCUT2D eigenvalue weighted by atomic mass is 9.95. The topological polar surface area (TPSA) is 59.3 Å². The van der Waals surface area contributed by atoms with Crippen molar-refractivity contribution < 1.29 is 4.79 Å². The molecule has 0 atom stereocenters. The lowest BCUT2D eigenvalue weighted by molar-refractivity contribution is 0.0927.